The van der Waals surface area contributed by atoms with Crippen molar-refractivity contribution < 1.29 is 0 Å². The number of hydrogen-bond acceptors (Lipinski definition) is 4. The molecule has 0 N–H and O–H groups in total. The van der Waals surface area contributed by atoms with Gasteiger partial charge in [-0.15, -0.1) is 0 Å². The van der Waals surface area contributed by atoms with Gasteiger partial charge in [0.2, 0.25) is 0 Å². The van der Waals surface area contributed by atoms with Crippen molar-refractivity contribution in [1.29, 1.82) is 0 Å². The van der Waals surface area contributed by atoms with E-state index in [9.17, 15) is 0 Å². The Balaban J connectivity index is 1.43. The molecule has 2 aromatic carbocycles. The summed E-state index contributed by atoms with van der Waals surface area (Å²) in [5.41, 5.74) is 11.0. The van der Waals surface area contributed by atoms with E-state index in [2.05, 4.69) is 99.2 Å². The van der Waals surface area contributed by atoms with Crippen LogP contribution < -0.4 is 0 Å². The molecule has 7 aromatic rings. The lowest BCUT2D eigenvalue weighted by atomic mass is 10.0. The summed E-state index contributed by atoms with van der Waals surface area (Å²) in [4.78, 5) is 18.9. The smallest absolute Gasteiger partial charge is 0.0963 e. The number of benzene rings is 2. The van der Waals surface area contributed by atoms with Gasteiger partial charge in [0, 0.05) is 35.1 Å². The molecule has 0 aliphatic heterocycles. The first kappa shape index (κ1) is 22.1. The molecule has 0 aliphatic rings. The van der Waals surface area contributed by atoms with Crippen LogP contribution in [0.25, 0.3) is 61.4 Å². The number of hydrogen-bond donors (Lipinski definition) is 0. The predicted octanol–water partition coefficient (Wildman–Crippen LogP) is 7.67. The van der Waals surface area contributed by atoms with Gasteiger partial charge in [-0.2, -0.15) is 0 Å². The van der Waals surface area contributed by atoms with E-state index in [1.807, 2.05) is 42.9 Å². The lowest BCUT2D eigenvalue weighted by Crippen LogP contribution is -1.97. The number of rotatable bonds is 4. The summed E-state index contributed by atoms with van der Waals surface area (Å²) in [5.74, 6) is 0. The van der Waals surface area contributed by atoms with Gasteiger partial charge in [-0.3, -0.25) is 15.0 Å². The molecule has 0 fully saturated rings. The second kappa shape index (κ2) is 9.05. The van der Waals surface area contributed by atoms with Crippen LogP contribution in [0.4, 0.5) is 0 Å². The van der Waals surface area contributed by atoms with Crippen molar-refractivity contribution in [2.24, 2.45) is 0 Å². The normalized spacial score (nSPS) is 11.3. The Morgan fingerprint density at radius 2 is 1.37 bits per heavy atom. The maximum absolute atomic E-state index is 4.99. The minimum Gasteiger partial charge on any atom is -0.306 e. The summed E-state index contributed by atoms with van der Waals surface area (Å²) in [6.45, 7) is 2.09. The fourth-order valence-electron chi connectivity index (χ4n) is 4.98. The topological polar surface area (TPSA) is 56.5 Å². The highest BCUT2D eigenvalue weighted by Crippen LogP contribution is 2.33. The molecule has 0 aliphatic carbocycles. The van der Waals surface area contributed by atoms with Crippen molar-refractivity contribution in [3.8, 4) is 39.5 Å². The van der Waals surface area contributed by atoms with Crippen molar-refractivity contribution in [3.63, 3.8) is 0 Å². The standard InChI is InChI=1S/C33H23N5/c1-22-11-13-23(14-12-22)29-18-24(19-30(37-29)28-8-4-5-15-35-28)25-17-26(21-34-20-25)38-31-9-3-2-7-27(31)33-32(38)10-6-16-36-33/h2-21H,1H3. The molecule has 180 valence electrons. The fourth-order valence-corrected chi connectivity index (χ4v) is 4.98. The van der Waals surface area contributed by atoms with E-state index in [1.165, 1.54) is 5.56 Å². The van der Waals surface area contributed by atoms with Crippen LogP contribution in [-0.4, -0.2) is 24.5 Å². The van der Waals surface area contributed by atoms with Crippen LogP contribution in [-0.2, 0) is 0 Å². The Labute approximate surface area is 220 Å². The monoisotopic (exact) mass is 489 g/mol. The maximum Gasteiger partial charge on any atom is 0.0963 e. The van der Waals surface area contributed by atoms with Crippen LogP contribution in [0.15, 0.2) is 122 Å². The molecule has 5 heterocycles. The zero-order valence-corrected chi connectivity index (χ0v) is 20.8. The van der Waals surface area contributed by atoms with Crippen molar-refractivity contribution >= 4 is 21.9 Å². The third-order valence-electron chi connectivity index (χ3n) is 6.84. The van der Waals surface area contributed by atoms with Gasteiger partial charge in [0.25, 0.3) is 0 Å². The lowest BCUT2D eigenvalue weighted by molar-refractivity contribution is 1.14. The Morgan fingerprint density at radius 3 is 2.24 bits per heavy atom. The third kappa shape index (κ3) is 3.82. The molecule has 0 amide bonds. The Bertz CT molecular complexity index is 1870. The van der Waals surface area contributed by atoms with E-state index in [4.69, 9.17) is 4.98 Å². The van der Waals surface area contributed by atoms with E-state index in [0.29, 0.717) is 0 Å². The summed E-state index contributed by atoms with van der Waals surface area (Å²) in [7, 11) is 0. The highest BCUT2D eigenvalue weighted by atomic mass is 15.0. The molecule has 5 aromatic heterocycles. The molecule has 5 nitrogen and oxygen atoms in total. The summed E-state index contributed by atoms with van der Waals surface area (Å²) < 4.78 is 2.23. The second-order valence-electron chi connectivity index (χ2n) is 9.36. The molecule has 0 spiro atoms. The highest BCUT2D eigenvalue weighted by molar-refractivity contribution is 6.06. The molecule has 0 radical (unpaired) electrons. The molecule has 0 atom stereocenters. The minimum atomic E-state index is 0.824. The second-order valence-corrected chi connectivity index (χ2v) is 9.36. The van der Waals surface area contributed by atoms with Crippen LogP contribution in [0.3, 0.4) is 0 Å². The van der Waals surface area contributed by atoms with Gasteiger partial charge < -0.3 is 4.57 Å². The van der Waals surface area contributed by atoms with Crippen LogP contribution in [0.5, 0.6) is 0 Å². The molecule has 7 rings (SSSR count). The largest absolute Gasteiger partial charge is 0.306 e. The zero-order valence-electron chi connectivity index (χ0n) is 20.8. The Morgan fingerprint density at radius 1 is 0.579 bits per heavy atom. The van der Waals surface area contributed by atoms with E-state index in [1.54, 1.807) is 6.20 Å². The van der Waals surface area contributed by atoms with Gasteiger partial charge >= 0.3 is 0 Å². The van der Waals surface area contributed by atoms with Crippen molar-refractivity contribution in [2.75, 3.05) is 0 Å². The molecule has 5 heteroatoms. The van der Waals surface area contributed by atoms with Crippen LogP contribution >= 0.6 is 0 Å². The SMILES string of the molecule is Cc1ccc(-c2cc(-c3cncc(-n4c5ccccc5c5ncccc54)c3)cc(-c3ccccn3)n2)cc1. The van der Waals surface area contributed by atoms with E-state index in [0.717, 1.165) is 61.4 Å². The molecular weight excluding hydrogens is 466 g/mol. The Kier molecular flexibility index (Phi) is 5.26. The van der Waals surface area contributed by atoms with E-state index < -0.39 is 0 Å². The molecule has 0 saturated carbocycles. The average molecular weight is 490 g/mol. The number of aryl methyl sites for hydroxylation is 1. The fraction of sp³-hybridized carbons (Fsp3) is 0.0303. The van der Waals surface area contributed by atoms with E-state index in [-0.39, 0.29) is 0 Å². The zero-order chi connectivity index (χ0) is 25.5. The van der Waals surface area contributed by atoms with Crippen LogP contribution in [0.2, 0.25) is 0 Å². The van der Waals surface area contributed by atoms with Gasteiger partial charge in [-0.25, -0.2) is 4.98 Å². The van der Waals surface area contributed by atoms with Gasteiger partial charge in [0.15, 0.2) is 0 Å². The average Bonchev–Trinajstić information content (AvgIpc) is 3.32. The molecule has 0 saturated heterocycles. The van der Waals surface area contributed by atoms with Crippen LogP contribution in [0, 0.1) is 6.92 Å². The highest BCUT2D eigenvalue weighted by Gasteiger charge is 2.15. The maximum atomic E-state index is 4.99. The van der Waals surface area contributed by atoms with Crippen LogP contribution in [0.1, 0.15) is 5.56 Å². The minimum absolute atomic E-state index is 0.824. The molecular formula is C33H23N5. The molecule has 38 heavy (non-hydrogen) atoms. The summed E-state index contributed by atoms with van der Waals surface area (Å²) >= 11 is 0. The lowest BCUT2D eigenvalue weighted by Gasteiger charge is -2.12. The van der Waals surface area contributed by atoms with Crippen molar-refractivity contribution in [1.82, 2.24) is 24.5 Å². The van der Waals surface area contributed by atoms with Gasteiger partial charge in [0.05, 0.1) is 45.5 Å². The van der Waals surface area contributed by atoms with E-state index >= 15 is 0 Å². The number of pyridine rings is 4. The predicted molar refractivity (Wildman–Crippen MR) is 153 cm³/mol. The Hall–Kier alpha value is -5.16. The molecule has 0 unspecified atom stereocenters. The first-order valence-electron chi connectivity index (χ1n) is 12.6. The summed E-state index contributed by atoms with van der Waals surface area (Å²) in [6, 6.07) is 33.2. The third-order valence-corrected chi connectivity index (χ3v) is 6.84. The number of fused-ring (bicyclic) bond motifs is 3. The first-order valence-corrected chi connectivity index (χ1v) is 12.6. The number of aromatic nitrogens is 5. The quantitative estimate of drug-likeness (QED) is 0.254. The van der Waals surface area contributed by atoms with Crippen molar-refractivity contribution in [3.05, 3.63) is 127 Å². The van der Waals surface area contributed by atoms with Crippen molar-refractivity contribution in [2.45, 2.75) is 6.92 Å². The number of nitrogens with zero attached hydrogens (tertiary/aromatic N) is 5. The number of para-hydroxylation sites is 1. The first-order chi connectivity index (χ1) is 18.7. The van der Waals surface area contributed by atoms with Gasteiger partial charge in [-0.1, -0.05) is 54.1 Å². The summed E-state index contributed by atoms with van der Waals surface area (Å²) in [6.07, 6.45) is 7.46. The molecule has 0 bridgehead atoms. The van der Waals surface area contributed by atoms with Gasteiger partial charge in [0.1, 0.15) is 0 Å². The van der Waals surface area contributed by atoms with Gasteiger partial charge in [-0.05, 0) is 61.0 Å². The summed E-state index contributed by atoms with van der Waals surface area (Å²) in [5, 5.41) is 1.12.